The Morgan fingerprint density at radius 3 is 2.76 bits per heavy atom. The molecule has 114 valence electrons. The van der Waals surface area contributed by atoms with Crippen molar-refractivity contribution in [2.75, 3.05) is 37.3 Å². The zero-order valence-corrected chi connectivity index (χ0v) is 14.0. The Morgan fingerprint density at radius 1 is 1.33 bits per heavy atom. The molecular formula is C15H23N5S. The summed E-state index contributed by atoms with van der Waals surface area (Å²) >= 11 is 1.72. The van der Waals surface area contributed by atoms with Crippen LogP contribution in [0.2, 0.25) is 0 Å². The molecule has 21 heavy (non-hydrogen) atoms. The van der Waals surface area contributed by atoms with Crippen LogP contribution in [0.5, 0.6) is 0 Å². The maximum absolute atomic E-state index is 5.92. The van der Waals surface area contributed by atoms with E-state index in [1.807, 2.05) is 0 Å². The fourth-order valence-electron chi connectivity index (χ4n) is 2.81. The second kappa shape index (κ2) is 5.10. The van der Waals surface area contributed by atoms with E-state index in [9.17, 15) is 0 Å². The van der Waals surface area contributed by atoms with Crippen LogP contribution in [0.25, 0.3) is 10.2 Å². The number of aryl methyl sites for hydroxylation is 1. The number of hydrogen-bond acceptors (Lipinski definition) is 6. The highest BCUT2D eigenvalue weighted by molar-refractivity contribution is 7.18. The molecule has 3 heterocycles. The van der Waals surface area contributed by atoms with Crippen molar-refractivity contribution in [3.8, 4) is 0 Å². The molecule has 1 saturated heterocycles. The Kier molecular flexibility index (Phi) is 3.53. The molecule has 1 fully saturated rings. The van der Waals surface area contributed by atoms with Gasteiger partial charge in [0.05, 0.1) is 5.39 Å². The number of nitrogen functional groups attached to an aromatic ring is 1. The van der Waals surface area contributed by atoms with Crippen molar-refractivity contribution in [1.82, 2.24) is 14.9 Å². The number of nitrogens with zero attached hydrogens (tertiary/aromatic N) is 4. The smallest absolute Gasteiger partial charge is 0.223 e. The van der Waals surface area contributed by atoms with E-state index in [2.05, 4.69) is 53.7 Å². The summed E-state index contributed by atoms with van der Waals surface area (Å²) in [6, 6.07) is 2.22. The maximum atomic E-state index is 5.92. The summed E-state index contributed by atoms with van der Waals surface area (Å²) in [5, 5.41) is 1.14. The van der Waals surface area contributed by atoms with Gasteiger partial charge in [-0.15, -0.1) is 11.3 Å². The van der Waals surface area contributed by atoms with Gasteiger partial charge in [0.15, 0.2) is 0 Å². The second-order valence-corrected chi connectivity index (χ2v) is 7.46. The molecule has 0 aliphatic carbocycles. The molecule has 2 aromatic rings. The summed E-state index contributed by atoms with van der Waals surface area (Å²) in [7, 11) is 2.18. The second-order valence-electron chi connectivity index (χ2n) is 6.35. The number of rotatable bonds is 2. The van der Waals surface area contributed by atoms with E-state index < -0.39 is 0 Å². The molecule has 0 bridgehead atoms. The first-order valence-electron chi connectivity index (χ1n) is 7.43. The van der Waals surface area contributed by atoms with E-state index in [0.29, 0.717) is 5.95 Å². The molecule has 0 saturated carbocycles. The van der Waals surface area contributed by atoms with Crippen LogP contribution in [-0.2, 0) is 6.42 Å². The fraction of sp³-hybridized carbons (Fsp3) is 0.600. The van der Waals surface area contributed by atoms with Crippen LogP contribution in [0.3, 0.4) is 0 Å². The quantitative estimate of drug-likeness (QED) is 0.923. The van der Waals surface area contributed by atoms with Crippen molar-refractivity contribution in [3.05, 3.63) is 10.9 Å². The molecular weight excluding hydrogens is 282 g/mol. The molecule has 0 amide bonds. The third kappa shape index (κ3) is 2.58. The molecule has 0 atom stereocenters. The SMILES string of the molecule is CCc1cc2c(N3CCN(C)C(C)(C)C3)nc(N)nc2s1. The summed E-state index contributed by atoms with van der Waals surface area (Å²) in [5.41, 5.74) is 6.06. The highest BCUT2D eigenvalue weighted by Gasteiger charge is 2.32. The van der Waals surface area contributed by atoms with Crippen LogP contribution in [0, 0.1) is 0 Å². The van der Waals surface area contributed by atoms with Gasteiger partial charge in [0.1, 0.15) is 10.6 Å². The van der Waals surface area contributed by atoms with Gasteiger partial charge in [0.2, 0.25) is 5.95 Å². The number of piperazine rings is 1. The number of likely N-dealkylation sites (N-methyl/N-ethyl adjacent to an activating group) is 1. The van der Waals surface area contributed by atoms with Crippen LogP contribution in [0.4, 0.5) is 11.8 Å². The maximum Gasteiger partial charge on any atom is 0.223 e. The average Bonchev–Trinajstić information content (AvgIpc) is 2.83. The highest BCUT2D eigenvalue weighted by Crippen LogP contribution is 2.33. The Bertz CT molecular complexity index is 663. The summed E-state index contributed by atoms with van der Waals surface area (Å²) in [6.45, 7) is 9.66. The lowest BCUT2D eigenvalue weighted by molar-refractivity contribution is 0.138. The summed E-state index contributed by atoms with van der Waals surface area (Å²) in [5.74, 6) is 1.37. The van der Waals surface area contributed by atoms with Gasteiger partial charge in [-0.1, -0.05) is 6.92 Å². The standard InChI is InChI=1S/C15H23N5S/c1-5-10-8-11-12(17-14(16)18-13(11)21-10)20-7-6-19(4)15(2,3)9-20/h8H,5-7,9H2,1-4H3,(H2,16,17,18). The number of aromatic nitrogens is 2. The molecule has 2 aromatic heterocycles. The van der Waals surface area contributed by atoms with E-state index in [4.69, 9.17) is 5.73 Å². The molecule has 0 aromatic carbocycles. The number of thiophene rings is 1. The van der Waals surface area contributed by atoms with Gasteiger partial charge in [-0.25, -0.2) is 4.98 Å². The van der Waals surface area contributed by atoms with Crippen molar-refractivity contribution in [1.29, 1.82) is 0 Å². The van der Waals surface area contributed by atoms with Crippen molar-refractivity contribution in [3.63, 3.8) is 0 Å². The lowest BCUT2D eigenvalue weighted by Crippen LogP contribution is -2.58. The third-order valence-electron chi connectivity index (χ3n) is 4.41. The van der Waals surface area contributed by atoms with Gasteiger partial charge >= 0.3 is 0 Å². The molecule has 0 radical (unpaired) electrons. The minimum atomic E-state index is 0.133. The molecule has 3 rings (SSSR count). The first-order chi connectivity index (χ1) is 9.90. The van der Waals surface area contributed by atoms with Crippen LogP contribution in [0.15, 0.2) is 6.07 Å². The fourth-order valence-corrected chi connectivity index (χ4v) is 3.78. The normalized spacial score (nSPS) is 19.3. The first-order valence-corrected chi connectivity index (χ1v) is 8.24. The first kappa shape index (κ1) is 14.5. The Hall–Kier alpha value is -1.40. The number of hydrogen-bond donors (Lipinski definition) is 1. The van der Waals surface area contributed by atoms with Crippen molar-refractivity contribution in [2.45, 2.75) is 32.7 Å². The highest BCUT2D eigenvalue weighted by atomic mass is 32.1. The summed E-state index contributed by atoms with van der Waals surface area (Å²) in [4.78, 5) is 16.0. The Balaban J connectivity index is 2.05. The molecule has 6 heteroatoms. The average molecular weight is 305 g/mol. The van der Waals surface area contributed by atoms with Crippen molar-refractivity contribution >= 4 is 33.3 Å². The minimum absolute atomic E-state index is 0.133. The zero-order valence-electron chi connectivity index (χ0n) is 13.2. The van der Waals surface area contributed by atoms with E-state index in [0.717, 1.165) is 42.1 Å². The lowest BCUT2D eigenvalue weighted by atomic mass is 9.99. The molecule has 0 spiro atoms. The van der Waals surface area contributed by atoms with Crippen LogP contribution in [0.1, 0.15) is 25.6 Å². The Labute approximate surface area is 129 Å². The van der Waals surface area contributed by atoms with E-state index >= 15 is 0 Å². The summed E-state index contributed by atoms with van der Waals surface area (Å²) in [6.07, 6.45) is 1.02. The van der Waals surface area contributed by atoms with Gasteiger partial charge < -0.3 is 10.6 Å². The van der Waals surface area contributed by atoms with Gasteiger partial charge in [-0.3, -0.25) is 4.90 Å². The molecule has 1 aliphatic heterocycles. The number of anilines is 2. The zero-order chi connectivity index (χ0) is 15.2. The predicted octanol–water partition coefficient (Wildman–Crippen LogP) is 2.37. The van der Waals surface area contributed by atoms with Gasteiger partial charge in [-0.05, 0) is 33.4 Å². The molecule has 1 aliphatic rings. The van der Waals surface area contributed by atoms with Gasteiger partial charge in [-0.2, -0.15) is 4.98 Å². The monoisotopic (exact) mass is 305 g/mol. The molecule has 2 N–H and O–H groups in total. The number of nitrogens with two attached hydrogens (primary N) is 1. The van der Waals surface area contributed by atoms with Crippen LogP contribution >= 0.6 is 11.3 Å². The molecule has 5 nitrogen and oxygen atoms in total. The largest absolute Gasteiger partial charge is 0.368 e. The third-order valence-corrected chi connectivity index (χ3v) is 5.58. The molecule has 0 unspecified atom stereocenters. The van der Waals surface area contributed by atoms with E-state index in [1.165, 1.54) is 4.88 Å². The summed E-state index contributed by atoms with van der Waals surface area (Å²) < 4.78 is 0. The Morgan fingerprint density at radius 2 is 2.10 bits per heavy atom. The lowest BCUT2D eigenvalue weighted by Gasteiger charge is -2.45. The van der Waals surface area contributed by atoms with Crippen LogP contribution in [-0.4, -0.2) is 47.1 Å². The van der Waals surface area contributed by atoms with E-state index in [-0.39, 0.29) is 5.54 Å². The van der Waals surface area contributed by atoms with Gasteiger partial charge in [0.25, 0.3) is 0 Å². The topological polar surface area (TPSA) is 58.3 Å². The van der Waals surface area contributed by atoms with Crippen molar-refractivity contribution < 1.29 is 0 Å². The number of fused-ring (bicyclic) bond motifs is 1. The van der Waals surface area contributed by atoms with E-state index in [1.54, 1.807) is 11.3 Å². The predicted molar refractivity (Wildman–Crippen MR) is 90.1 cm³/mol. The minimum Gasteiger partial charge on any atom is -0.368 e. The van der Waals surface area contributed by atoms with Crippen molar-refractivity contribution in [2.24, 2.45) is 0 Å². The van der Waals surface area contributed by atoms with Crippen LogP contribution < -0.4 is 10.6 Å². The van der Waals surface area contributed by atoms with Gasteiger partial charge in [0, 0.05) is 30.1 Å².